The Kier molecular flexibility index (Phi) is 5.28. The minimum absolute atomic E-state index is 0.121. The van der Waals surface area contributed by atoms with Crippen molar-refractivity contribution in [1.29, 1.82) is 0 Å². The molecule has 2 nitrogen and oxygen atoms in total. The second-order valence-electron chi connectivity index (χ2n) is 5.12. The van der Waals surface area contributed by atoms with E-state index in [0.29, 0.717) is 11.7 Å². The molecular formula is C15H21F2NO. The summed E-state index contributed by atoms with van der Waals surface area (Å²) in [6.45, 7) is 3.52. The van der Waals surface area contributed by atoms with Crippen LogP contribution in [0.4, 0.5) is 8.78 Å². The summed E-state index contributed by atoms with van der Waals surface area (Å²) in [7, 11) is 0. The van der Waals surface area contributed by atoms with E-state index < -0.39 is 11.6 Å². The molecule has 0 amide bonds. The van der Waals surface area contributed by atoms with Crippen LogP contribution in [0.5, 0.6) is 0 Å². The number of nitrogens with one attached hydrogen (secondary N) is 1. The highest BCUT2D eigenvalue weighted by Crippen LogP contribution is 2.19. The highest BCUT2D eigenvalue weighted by molar-refractivity contribution is 5.21. The van der Waals surface area contributed by atoms with Crippen LogP contribution >= 0.6 is 0 Å². The molecule has 0 aromatic heterocycles. The maximum atomic E-state index is 13.6. The second kappa shape index (κ2) is 6.96. The van der Waals surface area contributed by atoms with Crippen LogP contribution in [0.3, 0.4) is 0 Å². The summed E-state index contributed by atoms with van der Waals surface area (Å²) in [4.78, 5) is 0. The Bertz CT molecular complexity index is 405. The smallest absolute Gasteiger partial charge is 0.130 e. The van der Waals surface area contributed by atoms with Crippen molar-refractivity contribution >= 4 is 0 Å². The molecule has 1 aromatic carbocycles. The third-order valence-electron chi connectivity index (χ3n) is 3.62. The van der Waals surface area contributed by atoms with Crippen molar-refractivity contribution in [3.8, 4) is 0 Å². The lowest BCUT2D eigenvalue weighted by Crippen LogP contribution is -2.27. The molecule has 0 spiro atoms. The first-order valence-corrected chi connectivity index (χ1v) is 6.97. The molecule has 1 heterocycles. The monoisotopic (exact) mass is 269 g/mol. The summed E-state index contributed by atoms with van der Waals surface area (Å²) in [6.07, 6.45) is 4.76. The normalized spacial score (nSPS) is 21.3. The summed E-state index contributed by atoms with van der Waals surface area (Å²) in [5, 5.41) is 3.26. The van der Waals surface area contributed by atoms with Crippen LogP contribution in [-0.2, 0) is 4.74 Å². The van der Waals surface area contributed by atoms with Crippen LogP contribution in [0.2, 0.25) is 0 Å². The third-order valence-corrected chi connectivity index (χ3v) is 3.62. The van der Waals surface area contributed by atoms with E-state index in [-0.39, 0.29) is 6.04 Å². The highest BCUT2D eigenvalue weighted by Gasteiger charge is 2.15. The highest BCUT2D eigenvalue weighted by atomic mass is 19.1. The van der Waals surface area contributed by atoms with E-state index >= 15 is 0 Å². The quantitative estimate of drug-likeness (QED) is 0.882. The standard InChI is InChI=1S/C15H21F2NO/c1-11(14-6-5-12(16)10-15(14)17)18-8-7-13-4-2-3-9-19-13/h5-6,10-11,13,18H,2-4,7-9H2,1H3. The predicted molar refractivity (Wildman–Crippen MR) is 71.0 cm³/mol. The van der Waals surface area contributed by atoms with Gasteiger partial charge in [-0.25, -0.2) is 8.78 Å². The Balaban J connectivity index is 1.78. The molecule has 0 bridgehead atoms. The van der Waals surface area contributed by atoms with Crippen LogP contribution in [0.1, 0.15) is 44.2 Å². The largest absolute Gasteiger partial charge is 0.378 e. The number of ether oxygens (including phenoxy) is 1. The molecule has 1 saturated heterocycles. The van der Waals surface area contributed by atoms with Crippen LogP contribution in [0.15, 0.2) is 18.2 Å². The second-order valence-corrected chi connectivity index (χ2v) is 5.12. The summed E-state index contributed by atoms with van der Waals surface area (Å²) < 4.78 is 32.0. The molecule has 1 aliphatic rings. The molecule has 0 radical (unpaired) electrons. The molecule has 2 unspecified atom stereocenters. The molecule has 0 saturated carbocycles. The lowest BCUT2D eigenvalue weighted by Gasteiger charge is -2.23. The number of rotatable bonds is 5. The van der Waals surface area contributed by atoms with Crippen molar-refractivity contribution < 1.29 is 13.5 Å². The summed E-state index contributed by atoms with van der Waals surface area (Å²) in [5.74, 6) is -1.03. The van der Waals surface area contributed by atoms with Crippen LogP contribution in [0.25, 0.3) is 0 Å². The maximum absolute atomic E-state index is 13.6. The number of halogens is 2. The van der Waals surface area contributed by atoms with Gasteiger partial charge in [-0.1, -0.05) is 6.07 Å². The van der Waals surface area contributed by atoms with E-state index in [1.807, 2.05) is 6.92 Å². The Hall–Kier alpha value is -1.00. The first-order valence-electron chi connectivity index (χ1n) is 6.97. The van der Waals surface area contributed by atoms with Gasteiger partial charge in [-0.05, 0) is 45.2 Å². The van der Waals surface area contributed by atoms with Gasteiger partial charge in [0, 0.05) is 24.3 Å². The number of benzene rings is 1. The topological polar surface area (TPSA) is 21.3 Å². The first-order chi connectivity index (χ1) is 9.16. The van der Waals surface area contributed by atoms with Gasteiger partial charge < -0.3 is 10.1 Å². The molecule has 0 aliphatic carbocycles. The Morgan fingerprint density at radius 2 is 2.21 bits per heavy atom. The lowest BCUT2D eigenvalue weighted by atomic mass is 10.1. The van der Waals surface area contributed by atoms with Gasteiger partial charge in [0.25, 0.3) is 0 Å². The zero-order chi connectivity index (χ0) is 13.7. The van der Waals surface area contributed by atoms with Crippen molar-refractivity contribution in [1.82, 2.24) is 5.32 Å². The van der Waals surface area contributed by atoms with E-state index in [4.69, 9.17) is 4.74 Å². The zero-order valence-electron chi connectivity index (χ0n) is 11.3. The molecule has 1 aromatic rings. The summed E-state index contributed by atoms with van der Waals surface area (Å²) in [6, 6.07) is 3.60. The summed E-state index contributed by atoms with van der Waals surface area (Å²) in [5.41, 5.74) is 0.506. The third kappa shape index (κ3) is 4.25. The molecule has 4 heteroatoms. The van der Waals surface area contributed by atoms with Crippen molar-refractivity contribution in [3.05, 3.63) is 35.4 Å². The molecule has 1 aliphatic heterocycles. The van der Waals surface area contributed by atoms with Gasteiger partial charge in [0.05, 0.1) is 6.10 Å². The van der Waals surface area contributed by atoms with Crippen molar-refractivity contribution in [2.45, 2.75) is 44.8 Å². The fourth-order valence-corrected chi connectivity index (χ4v) is 2.46. The van der Waals surface area contributed by atoms with Gasteiger partial charge in [0.1, 0.15) is 11.6 Å². The Morgan fingerprint density at radius 1 is 1.37 bits per heavy atom. The van der Waals surface area contributed by atoms with Crippen molar-refractivity contribution in [3.63, 3.8) is 0 Å². The van der Waals surface area contributed by atoms with Crippen LogP contribution < -0.4 is 5.32 Å². The van der Waals surface area contributed by atoms with Gasteiger partial charge >= 0.3 is 0 Å². The van der Waals surface area contributed by atoms with Gasteiger partial charge in [-0.3, -0.25) is 0 Å². The van der Waals surface area contributed by atoms with E-state index in [1.54, 1.807) is 0 Å². The van der Waals surface area contributed by atoms with E-state index in [9.17, 15) is 8.78 Å². The maximum Gasteiger partial charge on any atom is 0.130 e. The van der Waals surface area contributed by atoms with E-state index in [2.05, 4.69) is 5.32 Å². The number of hydrogen-bond donors (Lipinski definition) is 1. The SMILES string of the molecule is CC(NCCC1CCCCO1)c1ccc(F)cc1F. The lowest BCUT2D eigenvalue weighted by molar-refractivity contribution is 0.0112. The molecule has 2 rings (SSSR count). The van der Waals surface area contributed by atoms with Gasteiger partial charge in [0.15, 0.2) is 0 Å². The molecule has 106 valence electrons. The Labute approximate surface area is 113 Å². The Morgan fingerprint density at radius 3 is 2.89 bits per heavy atom. The minimum atomic E-state index is -0.538. The average Bonchev–Trinajstić information content (AvgIpc) is 2.39. The molecule has 1 fully saturated rings. The molecule has 1 N–H and O–H groups in total. The van der Waals surface area contributed by atoms with Gasteiger partial charge in [0.2, 0.25) is 0 Å². The molecule has 19 heavy (non-hydrogen) atoms. The fourth-order valence-electron chi connectivity index (χ4n) is 2.46. The fraction of sp³-hybridized carbons (Fsp3) is 0.600. The van der Waals surface area contributed by atoms with Gasteiger partial charge in [-0.2, -0.15) is 0 Å². The average molecular weight is 269 g/mol. The van der Waals surface area contributed by atoms with Gasteiger partial charge in [-0.15, -0.1) is 0 Å². The first kappa shape index (κ1) is 14.4. The van der Waals surface area contributed by atoms with Crippen molar-refractivity contribution in [2.24, 2.45) is 0 Å². The number of hydrogen-bond acceptors (Lipinski definition) is 2. The van der Waals surface area contributed by atoms with E-state index in [1.165, 1.54) is 18.6 Å². The van der Waals surface area contributed by atoms with Crippen molar-refractivity contribution in [2.75, 3.05) is 13.2 Å². The predicted octanol–water partition coefficient (Wildman–Crippen LogP) is 3.57. The summed E-state index contributed by atoms with van der Waals surface area (Å²) >= 11 is 0. The van der Waals surface area contributed by atoms with Crippen LogP contribution in [-0.4, -0.2) is 19.3 Å². The van der Waals surface area contributed by atoms with E-state index in [0.717, 1.165) is 38.5 Å². The zero-order valence-corrected chi connectivity index (χ0v) is 11.3. The van der Waals surface area contributed by atoms with Crippen LogP contribution in [0, 0.1) is 11.6 Å². The molecular weight excluding hydrogens is 248 g/mol. The minimum Gasteiger partial charge on any atom is -0.378 e. The molecule has 2 atom stereocenters.